The molecule has 1 saturated carbocycles. The third-order valence-electron chi connectivity index (χ3n) is 5.29. The predicted molar refractivity (Wildman–Crippen MR) is 98.8 cm³/mol. The second-order valence-corrected chi connectivity index (χ2v) is 8.57. The van der Waals surface area contributed by atoms with E-state index in [1.807, 2.05) is 32.9 Å². The maximum atomic E-state index is 12.2. The summed E-state index contributed by atoms with van der Waals surface area (Å²) in [4.78, 5) is 25.5. The number of nitrogens with zero attached hydrogens (tertiary/aromatic N) is 1. The molecule has 2 aliphatic heterocycles. The number of rotatable bonds is 4. The highest BCUT2D eigenvalue weighted by molar-refractivity contribution is 5.89. The summed E-state index contributed by atoms with van der Waals surface area (Å²) < 4.78 is 15.9. The maximum Gasteiger partial charge on any atom is 0.414 e. The molecule has 3 aliphatic rings. The fraction of sp³-hybridized carbons (Fsp3) is 0.600. The number of benzene rings is 1. The van der Waals surface area contributed by atoms with Crippen LogP contribution in [0.5, 0.6) is 0 Å². The van der Waals surface area contributed by atoms with Crippen molar-refractivity contribution in [1.29, 1.82) is 0 Å². The lowest BCUT2D eigenvalue weighted by molar-refractivity contribution is 0.0705. The van der Waals surface area contributed by atoms with Gasteiger partial charge in [-0.05, 0) is 56.2 Å². The van der Waals surface area contributed by atoms with Crippen LogP contribution in [0.15, 0.2) is 24.3 Å². The molecule has 2 saturated heterocycles. The second kappa shape index (κ2) is 6.71. The van der Waals surface area contributed by atoms with E-state index < -0.39 is 18.3 Å². The van der Waals surface area contributed by atoms with Gasteiger partial charge in [-0.2, -0.15) is 0 Å². The fourth-order valence-corrected chi connectivity index (χ4v) is 3.94. The molecular formula is C20H26N2O5. The first-order valence-corrected chi connectivity index (χ1v) is 9.42. The van der Waals surface area contributed by atoms with Crippen molar-refractivity contribution in [3.63, 3.8) is 0 Å². The van der Waals surface area contributed by atoms with Gasteiger partial charge in [-0.3, -0.25) is 4.90 Å². The van der Waals surface area contributed by atoms with Gasteiger partial charge in [0.2, 0.25) is 0 Å². The van der Waals surface area contributed by atoms with E-state index in [0.29, 0.717) is 24.3 Å². The number of cyclic esters (lactones) is 1. The number of hydrogen-bond acceptors (Lipinski definition) is 5. The monoisotopic (exact) mass is 374 g/mol. The predicted octanol–water partition coefficient (Wildman–Crippen LogP) is 2.90. The fourth-order valence-electron chi connectivity index (χ4n) is 3.94. The smallest absolute Gasteiger partial charge is 0.414 e. The van der Waals surface area contributed by atoms with Gasteiger partial charge in [-0.15, -0.1) is 0 Å². The van der Waals surface area contributed by atoms with Gasteiger partial charge in [-0.25, -0.2) is 9.59 Å². The average molecular weight is 374 g/mol. The Balaban J connectivity index is 1.31. The summed E-state index contributed by atoms with van der Waals surface area (Å²) in [5.74, 6) is 1.92. The number of nitrogens with one attached hydrogen (secondary N) is 1. The first kappa shape index (κ1) is 18.1. The normalized spacial score (nSPS) is 29.3. The van der Waals surface area contributed by atoms with Crippen molar-refractivity contribution in [2.45, 2.75) is 38.3 Å². The third kappa shape index (κ3) is 3.88. The molecule has 0 bridgehead atoms. The molecule has 0 aromatic heterocycles. The topological polar surface area (TPSA) is 77.1 Å². The van der Waals surface area contributed by atoms with E-state index in [0.717, 1.165) is 18.9 Å². The number of fused-ring (bicyclic) bond motifs is 1. The van der Waals surface area contributed by atoms with Gasteiger partial charge in [0.05, 0.1) is 19.8 Å². The molecule has 1 unspecified atom stereocenters. The maximum absolute atomic E-state index is 12.2. The van der Waals surface area contributed by atoms with Crippen molar-refractivity contribution >= 4 is 17.9 Å². The Morgan fingerprint density at radius 3 is 2.52 bits per heavy atom. The largest absolute Gasteiger partial charge is 0.446 e. The number of carbonyl (C=O) groups is 2. The molecule has 2 amide bonds. The molecule has 0 radical (unpaired) electrons. The molecule has 2 heterocycles. The van der Waals surface area contributed by atoms with Gasteiger partial charge in [0, 0.05) is 11.2 Å². The van der Waals surface area contributed by atoms with Gasteiger partial charge < -0.3 is 19.5 Å². The van der Waals surface area contributed by atoms with Crippen molar-refractivity contribution in [1.82, 2.24) is 5.32 Å². The molecule has 4 rings (SSSR count). The summed E-state index contributed by atoms with van der Waals surface area (Å²) in [5.41, 5.74) is 1.74. The van der Waals surface area contributed by atoms with Crippen LogP contribution in [0.4, 0.5) is 15.3 Å². The Morgan fingerprint density at radius 2 is 1.89 bits per heavy atom. The van der Waals surface area contributed by atoms with Crippen LogP contribution in [-0.2, 0) is 14.2 Å². The highest BCUT2D eigenvalue weighted by Crippen LogP contribution is 2.57. The van der Waals surface area contributed by atoms with Gasteiger partial charge >= 0.3 is 12.2 Å². The van der Waals surface area contributed by atoms with Crippen LogP contribution in [0.2, 0.25) is 0 Å². The van der Waals surface area contributed by atoms with Crippen LogP contribution in [0.1, 0.15) is 32.3 Å². The van der Waals surface area contributed by atoms with Gasteiger partial charge in [0.15, 0.2) is 6.10 Å². The lowest BCUT2D eigenvalue weighted by Crippen LogP contribution is -2.42. The van der Waals surface area contributed by atoms with Gasteiger partial charge in [-0.1, -0.05) is 12.1 Å². The number of ether oxygens (including phenoxy) is 3. The van der Waals surface area contributed by atoms with E-state index in [1.54, 1.807) is 4.90 Å². The van der Waals surface area contributed by atoms with Crippen LogP contribution in [-0.4, -0.2) is 50.2 Å². The van der Waals surface area contributed by atoms with Gasteiger partial charge in [0.25, 0.3) is 0 Å². The van der Waals surface area contributed by atoms with Crippen LogP contribution in [0, 0.1) is 11.8 Å². The van der Waals surface area contributed by atoms with Crippen LogP contribution >= 0.6 is 0 Å². The second-order valence-electron chi connectivity index (χ2n) is 8.57. The minimum absolute atomic E-state index is 0.0354. The molecule has 4 atom stereocenters. The Morgan fingerprint density at radius 1 is 1.22 bits per heavy atom. The summed E-state index contributed by atoms with van der Waals surface area (Å²) in [7, 11) is 0. The van der Waals surface area contributed by atoms with Crippen molar-refractivity contribution < 1.29 is 23.8 Å². The minimum Gasteiger partial charge on any atom is -0.446 e. The highest BCUT2D eigenvalue weighted by atomic mass is 16.6. The van der Waals surface area contributed by atoms with E-state index in [4.69, 9.17) is 14.2 Å². The molecule has 1 aromatic rings. The van der Waals surface area contributed by atoms with Crippen molar-refractivity contribution in [2.24, 2.45) is 11.8 Å². The quantitative estimate of drug-likeness (QED) is 0.877. The van der Waals surface area contributed by atoms with Crippen molar-refractivity contribution in [3.05, 3.63) is 29.8 Å². The molecule has 0 spiro atoms. The molecule has 1 N–H and O–H groups in total. The van der Waals surface area contributed by atoms with Crippen LogP contribution in [0.25, 0.3) is 0 Å². The first-order valence-electron chi connectivity index (χ1n) is 9.42. The molecule has 7 nitrogen and oxygen atoms in total. The lowest BCUT2D eigenvalue weighted by atomic mass is 10.1. The summed E-state index contributed by atoms with van der Waals surface area (Å²) in [6, 6.07) is 8.10. The Kier molecular flexibility index (Phi) is 4.50. The average Bonchev–Trinajstić information content (AvgIpc) is 2.93. The molecule has 146 valence electrons. The summed E-state index contributed by atoms with van der Waals surface area (Å²) in [6.45, 7) is 7.74. The lowest BCUT2D eigenvalue weighted by Gasteiger charge is -2.20. The highest BCUT2D eigenvalue weighted by Gasteiger charge is 2.54. The molecular weight excluding hydrogens is 348 g/mol. The van der Waals surface area contributed by atoms with E-state index in [2.05, 4.69) is 17.4 Å². The number of hydrogen-bond donors (Lipinski definition) is 1. The van der Waals surface area contributed by atoms with Crippen LogP contribution < -0.4 is 10.2 Å². The molecule has 1 aromatic carbocycles. The zero-order valence-electron chi connectivity index (χ0n) is 15.9. The van der Waals surface area contributed by atoms with Crippen LogP contribution in [0.3, 0.4) is 0 Å². The first-order chi connectivity index (χ1) is 12.8. The standard InChI is InChI=1S/C20H26N2O5/c1-20(2,3)21-18(23)26-9-14-8-22(19(24)27-14)13-6-4-12(5-7-13)17-15-10-25-11-16(15)17/h4-7,14-17H,8-11H2,1-3H3,(H,21,23)/t14-,15-,16+,17?/m0/s1. The zero-order chi connectivity index (χ0) is 19.2. The Labute approximate surface area is 158 Å². The molecule has 3 fully saturated rings. The Hall–Kier alpha value is -2.28. The number of carbonyl (C=O) groups excluding carboxylic acids is 2. The Bertz CT molecular complexity index is 717. The molecule has 1 aliphatic carbocycles. The SMILES string of the molecule is CC(C)(C)NC(=O)OC[C@@H]1CN(c2ccc(C3[C@H]4COC[C@@H]34)cc2)C(=O)O1. The molecule has 27 heavy (non-hydrogen) atoms. The summed E-state index contributed by atoms with van der Waals surface area (Å²) >= 11 is 0. The summed E-state index contributed by atoms with van der Waals surface area (Å²) in [6.07, 6.45) is -1.40. The molecule has 7 heteroatoms. The third-order valence-corrected chi connectivity index (χ3v) is 5.29. The zero-order valence-corrected chi connectivity index (χ0v) is 15.9. The number of amides is 2. The number of alkyl carbamates (subject to hydrolysis) is 1. The van der Waals surface area contributed by atoms with E-state index in [-0.39, 0.29) is 12.1 Å². The van der Waals surface area contributed by atoms with E-state index >= 15 is 0 Å². The van der Waals surface area contributed by atoms with Crippen molar-refractivity contribution in [2.75, 3.05) is 31.3 Å². The minimum atomic E-state index is -0.514. The van der Waals surface area contributed by atoms with E-state index in [1.165, 1.54) is 5.56 Å². The van der Waals surface area contributed by atoms with E-state index in [9.17, 15) is 9.59 Å². The van der Waals surface area contributed by atoms with Gasteiger partial charge in [0.1, 0.15) is 6.61 Å². The summed E-state index contributed by atoms with van der Waals surface area (Å²) in [5, 5.41) is 2.71. The van der Waals surface area contributed by atoms with Crippen molar-refractivity contribution in [3.8, 4) is 0 Å². The number of anilines is 1.